The maximum absolute atomic E-state index is 12.1. The van der Waals surface area contributed by atoms with E-state index in [2.05, 4.69) is 32.2 Å². The SMILES string of the molecule is CNC(CS(=O)CC(C)C)c1cc(C)ccc1OC. The van der Waals surface area contributed by atoms with E-state index < -0.39 is 10.8 Å². The fourth-order valence-corrected chi connectivity index (χ4v) is 3.68. The zero-order chi connectivity index (χ0) is 14.4. The van der Waals surface area contributed by atoms with Crippen LogP contribution in [0.15, 0.2) is 18.2 Å². The summed E-state index contributed by atoms with van der Waals surface area (Å²) in [5, 5.41) is 3.25. The van der Waals surface area contributed by atoms with Gasteiger partial charge in [-0.3, -0.25) is 4.21 Å². The van der Waals surface area contributed by atoms with Crippen molar-refractivity contribution in [2.45, 2.75) is 26.8 Å². The monoisotopic (exact) mass is 283 g/mol. The number of rotatable bonds is 7. The highest BCUT2D eigenvalue weighted by Gasteiger charge is 2.18. The minimum Gasteiger partial charge on any atom is -0.496 e. The Morgan fingerprint density at radius 3 is 2.53 bits per heavy atom. The summed E-state index contributed by atoms with van der Waals surface area (Å²) in [7, 11) is 2.76. The van der Waals surface area contributed by atoms with Crippen molar-refractivity contribution in [1.82, 2.24) is 5.32 Å². The summed E-state index contributed by atoms with van der Waals surface area (Å²) < 4.78 is 17.5. The molecular formula is C15H25NO2S. The lowest BCUT2D eigenvalue weighted by molar-refractivity contribution is 0.404. The van der Waals surface area contributed by atoms with Crippen LogP contribution in [0.5, 0.6) is 5.75 Å². The van der Waals surface area contributed by atoms with Gasteiger partial charge < -0.3 is 10.1 Å². The third-order valence-corrected chi connectivity index (χ3v) is 4.72. The van der Waals surface area contributed by atoms with Crippen LogP contribution in [0.3, 0.4) is 0 Å². The molecule has 2 atom stereocenters. The summed E-state index contributed by atoms with van der Waals surface area (Å²) in [6.45, 7) is 6.25. The van der Waals surface area contributed by atoms with Gasteiger partial charge in [0.25, 0.3) is 0 Å². The molecule has 0 heterocycles. The Hall–Kier alpha value is -0.870. The minimum absolute atomic E-state index is 0.0643. The zero-order valence-corrected chi connectivity index (χ0v) is 13.3. The Bertz CT molecular complexity index is 432. The molecule has 3 nitrogen and oxygen atoms in total. The predicted octanol–water partition coefficient (Wildman–Crippen LogP) is 2.67. The first-order valence-electron chi connectivity index (χ1n) is 6.64. The van der Waals surface area contributed by atoms with Crippen LogP contribution in [0.2, 0.25) is 0 Å². The van der Waals surface area contributed by atoms with E-state index >= 15 is 0 Å². The molecule has 0 saturated heterocycles. The minimum atomic E-state index is -0.816. The lowest BCUT2D eigenvalue weighted by Crippen LogP contribution is -2.25. The maximum Gasteiger partial charge on any atom is 0.123 e. The number of methoxy groups -OCH3 is 1. The van der Waals surface area contributed by atoms with Gasteiger partial charge in [0.1, 0.15) is 5.75 Å². The summed E-state index contributed by atoms with van der Waals surface area (Å²) in [5.74, 6) is 2.67. The molecule has 0 amide bonds. The molecule has 0 radical (unpaired) electrons. The van der Waals surface area contributed by atoms with E-state index in [1.165, 1.54) is 5.56 Å². The summed E-state index contributed by atoms with van der Waals surface area (Å²) in [6.07, 6.45) is 0. The van der Waals surface area contributed by atoms with Crippen LogP contribution in [0, 0.1) is 12.8 Å². The van der Waals surface area contributed by atoms with Crippen molar-refractivity contribution in [2.24, 2.45) is 5.92 Å². The first-order valence-corrected chi connectivity index (χ1v) is 8.13. The molecule has 19 heavy (non-hydrogen) atoms. The molecule has 2 unspecified atom stereocenters. The van der Waals surface area contributed by atoms with Gasteiger partial charge in [-0.2, -0.15) is 0 Å². The molecule has 0 aliphatic rings. The summed E-state index contributed by atoms with van der Waals surface area (Å²) in [6, 6.07) is 6.17. The van der Waals surface area contributed by atoms with E-state index in [4.69, 9.17) is 4.74 Å². The second-order valence-corrected chi connectivity index (χ2v) is 6.80. The second kappa shape index (κ2) is 7.65. The Labute approximate surface area is 119 Å². The third-order valence-electron chi connectivity index (χ3n) is 2.98. The molecule has 4 heteroatoms. The number of benzene rings is 1. The number of aryl methyl sites for hydroxylation is 1. The molecule has 1 aromatic rings. The average molecular weight is 283 g/mol. The number of nitrogens with one attached hydrogen (secondary N) is 1. The van der Waals surface area contributed by atoms with Crippen LogP contribution in [-0.2, 0) is 10.8 Å². The van der Waals surface area contributed by atoms with E-state index in [-0.39, 0.29) is 6.04 Å². The van der Waals surface area contributed by atoms with Gasteiger partial charge in [0, 0.05) is 33.9 Å². The molecule has 108 valence electrons. The molecule has 0 bridgehead atoms. The van der Waals surface area contributed by atoms with Crippen molar-refractivity contribution in [3.05, 3.63) is 29.3 Å². The Kier molecular flexibility index (Phi) is 6.52. The van der Waals surface area contributed by atoms with Gasteiger partial charge >= 0.3 is 0 Å². The maximum atomic E-state index is 12.1. The molecule has 0 aromatic heterocycles. The van der Waals surface area contributed by atoms with Crippen LogP contribution >= 0.6 is 0 Å². The van der Waals surface area contributed by atoms with Crippen LogP contribution in [0.4, 0.5) is 0 Å². The van der Waals surface area contributed by atoms with Crippen molar-refractivity contribution in [3.8, 4) is 5.75 Å². The van der Waals surface area contributed by atoms with Gasteiger partial charge in [-0.15, -0.1) is 0 Å². The fourth-order valence-electron chi connectivity index (χ4n) is 2.08. The Morgan fingerprint density at radius 2 is 2.00 bits per heavy atom. The quantitative estimate of drug-likeness (QED) is 0.836. The zero-order valence-electron chi connectivity index (χ0n) is 12.5. The lowest BCUT2D eigenvalue weighted by Gasteiger charge is -2.20. The van der Waals surface area contributed by atoms with Crippen LogP contribution in [0.25, 0.3) is 0 Å². The van der Waals surface area contributed by atoms with Gasteiger partial charge in [0.05, 0.1) is 7.11 Å². The van der Waals surface area contributed by atoms with Crippen LogP contribution < -0.4 is 10.1 Å². The smallest absolute Gasteiger partial charge is 0.123 e. The molecule has 0 spiro atoms. The lowest BCUT2D eigenvalue weighted by atomic mass is 10.0. The van der Waals surface area contributed by atoms with E-state index in [1.54, 1.807) is 7.11 Å². The Balaban J connectivity index is 2.90. The van der Waals surface area contributed by atoms with Gasteiger partial charge in [-0.1, -0.05) is 31.5 Å². The first-order chi connectivity index (χ1) is 8.97. The van der Waals surface area contributed by atoms with Crippen LogP contribution in [0.1, 0.15) is 31.0 Å². The van der Waals surface area contributed by atoms with Crippen molar-refractivity contribution < 1.29 is 8.95 Å². The van der Waals surface area contributed by atoms with E-state index in [0.717, 1.165) is 17.1 Å². The molecule has 1 N–H and O–H groups in total. The summed E-state index contributed by atoms with van der Waals surface area (Å²) in [4.78, 5) is 0. The van der Waals surface area contributed by atoms with Crippen molar-refractivity contribution >= 4 is 10.8 Å². The molecule has 0 aliphatic heterocycles. The highest BCUT2D eigenvalue weighted by molar-refractivity contribution is 7.85. The van der Waals surface area contributed by atoms with Crippen molar-refractivity contribution in [2.75, 3.05) is 25.7 Å². The van der Waals surface area contributed by atoms with Gasteiger partial charge in [-0.25, -0.2) is 0 Å². The second-order valence-electron chi connectivity index (χ2n) is 5.25. The molecule has 0 fully saturated rings. The largest absolute Gasteiger partial charge is 0.496 e. The fraction of sp³-hybridized carbons (Fsp3) is 0.600. The third kappa shape index (κ3) is 4.96. The van der Waals surface area contributed by atoms with Gasteiger partial charge in [-0.05, 0) is 26.0 Å². The van der Waals surface area contributed by atoms with Crippen LogP contribution in [-0.4, -0.2) is 29.9 Å². The summed E-state index contributed by atoms with van der Waals surface area (Å²) in [5.41, 5.74) is 2.27. The van der Waals surface area contributed by atoms with E-state index in [1.807, 2.05) is 19.2 Å². The number of hydrogen-bond acceptors (Lipinski definition) is 3. The molecular weight excluding hydrogens is 258 g/mol. The predicted molar refractivity (Wildman–Crippen MR) is 82.2 cm³/mol. The summed E-state index contributed by atoms with van der Waals surface area (Å²) >= 11 is 0. The molecule has 1 aromatic carbocycles. The highest BCUT2D eigenvalue weighted by atomic mass is 32.2. The normalized spacial score (nSPS) is 14.4. The molecule has 0 aliphatic carbocycles. The first kappa shape index (κ1) is 16.2. The van der Waals surface area contributed by atoms with Gasteiger partial charge in [0.2, 0.25) is 0 Å². The molecule has 1 rings (SSSR count). The molecule has 0 saturated carbocycles. The highest BCUT2D eigenvalue weighted by Crippen LogP contribution is 2.27. The number of ether oxygens (including phenoxy) is 1. The Morgan fingerprint density at radius 1 is 1.32 bits per heavy atom. The average Bonchev–Trinajstić information content (AvgIpc) is 2.35. The topological polar surface area (TPSA) is 38.3 Å². The van der Waals surface area contributed by atoms with Crippen molar-refractivity contribution in [3.63, 3.8) is 0 Å². The van der Waals surface area contributed by atoms with Gasteiger partial charge in [0.15, 0.2) is 0 Å². The standard InChI is InChI=1S/C15H25NO2S/c1-11(2)9-19(17)10-14(16-4)13-8-12(3)6-7-15(13)18-5/h6-8,11,14,16H,9-10H2,1-5H3. The van der Waals surface area contributed by atoms with E-state index in [0.29, 0.717) is 11.7 Å². The van der Waals surface area contributed by atoms with E-state index in [9.17, 15) is 4.21 Å². The van der Waals surface area contributed by atoms with Crippen molar-refractivity contribution in [1.29, 1.82) is 0 Å². The number of hydrogen-bond donors (Lipinski definition) is 1.